The normalized spacial score (nSPS) is 15.2. The van der Waals surface area contributed by atoms with E-state index < -0.39 is 11.5 Å². The zero-order valence-electron chi connectivity index (χ0n) is 11.6. The first-order valence-corrected chi connectivity index (χ1v) is 6.01. The monoisotopic (exact) mass is 246 g/mol. The molecule has 0 saturated heterocycles. The minimum absolute atomic E-state index is 0.440. The molecule has 0 aliphatic carbocycles. The molecule has 2 N–H and O–H groups in total. The maximum Gasteiger partial charge on any atom is 0.323 e. The van der Waals surface area contributed by atoms with Crippen LogP contribution in [0.4, 0.5) is 0 Å². The summed E-state index contributed by atoms with van der Waals surface area (Å²) < 4.78 is 4.94. The highest BCUT2D eigenvalue weighted by Gasteiger charge is 2.31. The van der Waals surface area contributed by atoms with Gasteiger partial charge in [-0.1, -0.05) is 0 Å². The van der Waals surface area contributed by atoms with E-state index in [1.165, 1.54) is 0 Å². The molecule has 0 aromatic heterocycles. The van der Waals surface area contributed by atoms with Crippen LogP contribution in [-0.4, -0.2) is 61.4 Å². The molecule has 5 heteroatoms. The van der Waals surface area contributed by atoms with Crippen molar-refractivity contribution in [3.05, 3.63) is 0 Å². The summed E-state index contributed by atoms with van der Waals surface area (Å²) in [6, 6.07) is 0.465. The van der Waals surface area contributed by atoms with Crippen LogP contribution >= 0.6 is 0 Å². The smallest absolute Gasteiger partial charge is 0.323 e. The van der Waals surface area contributed by atoms with Crippen molar-refractivity contribution in [1.29, 1.82) is 0 Å². The van der Waals surface area contributed by atoms with Crippen molar-refractivity contribution in [2.75, 3.05) is 33.9 Å². The maximum absolute atomic E-state index is 11.2. The Bertz CT molecular complexity index is 234. The fraction of sp³-hybridized carbons (Fsp3) is 0.917. The number of aliphatic carboxylic acids is 1. The Morgan fingerprint density at radius 3 is 2.53 bits per heavy atom. The van der Waals surface area contributed by atoms with Crippen LogP contribution < -0.4 is 5.32 Å². The molecule has 0 aliphatic rings. The van der Waals surface area contributed by atoms with Crippen molar-refractivity contribution in [3.8, 4) is 0 Å². The molecule has 1 atom stereocenters. The average Bonchev–Trinajstić information content (AvgIpc) is 2.25. The molecule has 0 aliphatic heterocycles. The highest BCUT2D eigenvalue weighted by molar-refractivity contribution is 5.78. The number of carboxylic acids is 1. The molecule has 0 fully saturated rings. The third kappa shape index (κ3) is 6.00. The molecule has 102 valence electrons. The van der Waals surface area contributed by atoms with E-state index >= 15 is 0 Å². The van der Waals surface area contributed by atoms with Crippen molar-refractivity contribution in [3.63, 3.8) is 0 Å². The van der Waals surface area contributed by atoms with Gasteiger partial charge in [-0.05, 0) is 34.2 Å². The Labute approximate surface area is 104 Å². The van der Waals surface area contributed by atoms with Crippen molar-refractivity contribution >= 4 is 5.97 Å². The van der Waals surface area contributed by atoms with Gasteiger partial charge in [0.15, 0.2) is 0 Å². The second-order valence-electron chi connectivity index (χ2n) is 4.88. The van der Waals surface area contributed by atoms with Gasteiger partial charge in [-0.25, -0.2) is 0 Å². The van der Waals surface area contributed by atoms with Gasteiger partial charge in [0.2, 0.25) is 0 Å². The van der Waals surface area contributed by atoms with Crippen LogP contribution in [0.2, 0.25) is 0 Å². The Morgan fingerprint density at radius 2 is 2.12 bits per heavy atom. The Morgan fingerprint density at radius 1 is 1.53 bits per heavy atom. The van der Waals surface area contributed by atoms with Crippen LogP contribution in [-0.2, 0) is 9.53 Å². The number of nitrogens with one attached hydrogen (secondary N) is 1. The number of nitrogens with zero attached hydrogens (tertiary/aromatic N) is 1. The number of methoxy groups -OCH3 is 1. The molecule has 0 aromatic rings. The van der Waals surface area contributed by atoms with Gasteiger partial charge in [0.05, 0.1) is 0 Å². The first-order chi connectivity index (χ1) is 7.83. The van der Waals surface area contributed by atoms with Crippen LogP contribution in [0.15, 0.2) is 0 Å². The van der Waals surface area contributed by atoms with Crippen molar-refractivity contribution < 1.29 is 14.6 Å². The second kappa shape index (κ2) is 7.63. The van der Waals surface area contributed by atoms with E-state index in [-0.39, 0.29) is 0 Å². The lowest BCUT2D eigenvalue weighted by Crippen LogP contribution is -2.52. The zero-order valence-corrected chi connectivity index (χ0v) is 11.6. The number of carboxylic acid groups (broad SMARTS) is 1. The average molecular weight is 246 g/mol. The zero-order chi connectivity index (χ0) is 13.5. The minimum atomic E-state index is -0.909. The molecular weight excluding hydrogens is 220 g/mol. The number of carbonyl (C=O) groups is 1. The lowest BCUT2D eigenvalue weighted by Gasteiger charge is -2.28. The van der Waals surface area contributed by atoms with Crippen LogP contribution in [0, 0.1) is 0 Å². The summed E-state index contributed by atoms with van der Waals surface area (Å²) in [5.41, 5.74) is -0.909. The van der Waals surface area contributed by atoms with Gasteiger partial charge in [0.1, 0.15) is 5.54 Å². The summed E-state index contributed by atoms with van der Waals surface area (Å²) in [5, 5.41) is 12.3. The van der Waals surface area contributed by atoms with E-state index in [9.17, 15) is 9.90 Å². The van der Waals surface area contributed by atoms with Crippen LogP contribution in [0.1, 0.15) is 27.2 Å². The Hall–Kier alpha value is -0.650. The van der Waals surface area contributed by atoms with E-state index in [1.54, 1.807) is 14.0 Å². The molecule has 0 aromatic carbocycles. The SMILES string of the molecule is COCCC(C)(NCCN(C)C(C)C)C(=O)O. The number of ether oxygens (including phenoxy) is 1. The lowest BCUT2D eigenvalue weighted by atomic mass is 9.98. The van der Waals surface area contributed by atoms with Gasteiger partial charge < -0.3 is 20.1 Å². The van der Waals surface area contributed by atoms with Gasteiger partial charge in [-0.3, -0.25) is 4.79 Å². The second-order valence-corrected chi connectivity index (χ2v) is 4.88. The molecule has 17 heavy (non-hydrogen) atoms. The summed E-state index contributed by atoms with van der Waals surface area (Å²) >= 11 is 0. The van der Waals surface area contributed by atoms with Crippen molar-refractivity contribution in [2.45, 2.75) is 38.8 Å². The third-order valence-electron chi connectivity index (χ3n) is 3.14. The molecule has 0 radical (unpaired) electrons. The fourth-order valence-corrected chi connectivity index (χ4v) is 1.34. The topological polar surface area (TPSA) is 61.8 Å². The van der Waals surface area contributed by atoms with E-state index in [1.807, 2.05) is 7.05 Å². The number of hydrogen-bond acceptors (Lipinski definition) is 4. The van der Waals surface area contributed by atoms with Crippen molar-refractivity contribution in [2.24, 2.45) is 0 Å². The number of hydrogen-bond donors (Lipinski definition) is 2. The van der Waals surface area contributed by atoms with Crippen LogP contribution in [0.25, 0.3) is 0 Å². The quantitative estimate of drug-likeness (QED) is 0.630. The molecular formula is C12H26N2O3. The standard InChI is InChI=1S/C12H26N2O3/c1-10(2)14(4)8-7-13-12(3,11(15)16)6-9-17-5/h10,13H,6-9H2,1-5H3,(H,15,16). The van der Waals surface area contributed by atoms with E-state index in [0.29, 0.717) is 25.6 Å². The molecule has 5 nitrogen and oxygen atoms in total. The highest BCUT2D eigenvalue weighted by atomic mass is 16.5. The predicted molar refractivity (Wildman–Crippen MR) is 68.3 cm³/mol. The molecule has 0 heterocycles. The molecule has 0 spiro atoms. The summed E-state index contributed by atoms with van der Waals surface area (Å²) in [5.74, 6) is -0.832. The van der Waals surface area contributed by atoms with Gasteiger partial charge in [-0.15, -0.1) is 0 Å². The Kier molecular flexibility index (Phi) is 7.34. The maximum atomic E-state index is 11.2. The molecule has 0 rings (SSSR count). The fourth-order valence-electron chi connectivity index (χ4n) is 1.34. The summed E-state index contributed by atoms with van der Waals surface area (Å²) in [7, 11) is 3.61. The highest BCUT2D eigenvalue weighted by Crippen LogP contribution is 2.09. The van der Waals surface area contributed by atoms with Crippen molar-refractivity contribution in [1.82, 2.24) is 10.2 Å². The molecule has 1 unspecified atom stereocenters. The Balaban J connectivity index is 4.13. The molecule has 0 saturated carbocycles. The van der Waals surface area contributed by atoms with E-state index in [4.69, 9.17) is 4.74 Å². The summed E-state index contributed by atoms with van der Waals surface area (Å²) in [4.78, 5) is 13.4. The largest absolute Gasteiger partial charge is 0.480 e. The number of likely N-dealkylation sites (N-methyl/N-ethyl adjacent to an activating group) is 1. The first-order valence-electron chi connectivity index (χ1n) is 6.01. The van der Waals surface area contributed by atoms with Gasteiger partial charge in [0.25, 0.3) is 0 Å². The summed E-state index contributed by atoms with van der Waals surface area (Å²) in [6.07, 6.45) is 0.463. The predicted octanol–water partition coefficient (Wildman–Crippen LogP) is 0.796. The van der Waals surface area contributed by atoms with Crippen LogP contribution in [0.5, 0.6) is 0 Å². The van der Waals surface area contributed by atoms with Crippen LogP contribution in [0.3, 0.4) is 0 Å². The van der Waals surface area contributed by atoms with Gasteiger partial charge in [0, 0.05) is 32.8 Å². The molecule has 0 bridgehead atoms. The first kappa shape index (κ1) is 16.4. The molecule has 0 amide bonds. The minimum Gasteiger partial charge on any atom is -0.480 e. The van der Waals surface area contributed by atoms with Gasteiger partial charge in [-0.2, -0.15) is 0 Å². The van der Waals surface area contributed by atoms with E-state index in [0.717, 1.165) is 6.54 Å². The third-order valence-corrected chi connectivity index (χ3v) is 3.14. The number of rotatable bonds is 9. The van der Waals surface area contributed by atoms with E-state index in [2.05, 4.69) is 24.1 Å². The lowest BCUT2D eigenvalue weighted by molar-refractivity contribution is -0.145. The summed E-state index contributed by atoms with van der Waals surface area (Å²) in [6.45, 7) is 7.84. The van der Waals surface area contributed by atoms with Gasteiger partial charge >= 0.3 is 5.97 Å².